The molecule has 1 aliphatic carbocycles. The molecule has 0 radical (unpaired) electrons. The maximum atomic E-state index is 12.5. The van der Waals surface area contributed by atoms with Crippen LogP contribution in [0.5, 0.6) is 0 Å². The van der Waals surface area contributed by atoms with Gasteiger partial charge in [0, 0.05) is 10.6 Å². The number of fused-ring (bicyclic) bond motifs is 1. The Balaban J connectivity index is 1.54. The number of allylic oxidation sites excluding steroid dienone is 2. The number of benzene rings is 1. The van der Waals surface area contributed by atoms with Gasteiger partial charge in [-0.05, 0) is 25.0 Å². The summed E-state index contributed by atoms with van der Waals surface area (Å²) in [6, 6.07) is 7.24. The highest BCUT2D eigenvalue weighted by Crippen LogP contribution is 2.36. The molecule has 2 aliphatic rings. The lowest BCUT2D eigenvalue weighted by Crippen LogP contribution is -2.30. The normalized spacial score (nSPS) is 23.0. The molecular formula is C18H15ClN2O3. The van der Waals surface area contributed by atoms with Gasteiger partial charge >= 0.3 is 0 Å². The molecule has 0 saturated carbocycles. The van der Waals surface area contributed by atoms with Crippen molar-refractivity contribution in [2.75, 3.05) is 0 Å². The maximum Gasteiger partial charge on any atom is 0.233 e. The molecule has 2 aromatic rings. The van der Waals surface area contributed by atoms with E-state index in [9.17, 15) is 9.59 Å². The van der Waals surface area contributed by atoms with Crippen LogP contribution in [-0.2, 0) is 16.1 Å². The lowest BCUT2D eigenvalue weighted by molar-refractivity contribution is -0.140. The third-order valence-electron chi connectivity index (χ3n) is 4.55. The van der Waals surface area contributed by atoms with Crippen LogP contribution in [0.1, 0.15) is 18.7 Å². The fourth-order valence-corrected chi connectivity index (χ4v) is 3.51. The van der Waals surface area contributed by atoms with Crippen molar-refractivity contribution >= 4 is 23.4 Å². The first-order valence-electron chi connectivity index (χ1n) is 7.84. The number of hydrogen-bond donors (Lipinski definition) is 0. The summed E-state index contributed by atoms with van der Waals surface area (Å²) in [6.07, 6.45) is 6.78. The van der Waals surface area contributed by atoms with E-state index in [2.05, 4.69) is 4.98 Å². The van der Waals surface area contributed by atoms with Crippen molar-refractivity contribution in [3.05, 3.63) is 53.5 Å². The van der Waals surface area contributed by atoms with Crippen LogP contribution in [-0.4, -0.2) is 21.7 Å². The van der Waals surface area contributed by atoms with E-state index in [4.69, 9.17) is 16.0 Å². The Bertz CT molecular complexity index is 816. The van der Waals surface area contributed by atoms with E-state index in [1.807, 2.05) is 24.3 Å². The molecule has 6 heteroatoms. The van der Waals surface area contributed by atoms with Gasteiger partial charge < -0.3 is 4.42 Å². The van der Waals surface area contributed by atoms with E-state index in [1.165, 1.54) is 4.90 Å². The number of halogens is 1. The van der Waals surface area contributed by atoms with Gasteiger partial charge in [0.25, 0.3) is 0 Å². The van der Waals surface area contributed by atoms with Gasteiger partial charge in [0.1, 0.15) is 6.54 Å². The van der Waals surface area contributed by atoms with Gasteiger partial charge in [0.05, 0.1) is 18.0 Å². The number of imide groups is 1. The highest BCUT2D eigenvalue weighted by atomic mass is 35.5. The summed E-state index contributed by atoms with van der Waals surface area (Å²) in [5, 5.41) is 0.604. The molecule has 5 nitrogen and oxygen atoms in total. The van der Waals surface area contributed by atoms with Crippen molar-refractivity contribution in [1.29, 1.82) is 0 Å². The van der Waals surface area contributed by atoms with Gasteiger partial charge in [-0.2, -0.15) is 0 Å². The zero-order chi connectivity index (χ0) is 16.7. The zero-order valence-electron chi connectivity index (χ0n) is 12.8. The number of oxazole rings is 1. The number of amides is 2. The molecule has 4 rings (SSSR count). The largest absolute Gasteiger partial charge is 0.439 e. The predicted octanol–water partition coefficient (Wildman–Crippen LogP) is 3.45. The molecular weight excluding hydrogens is 328 g/mol. The zero-order valence-corrected chi connectivity index (χ0v) is 13.6. The summed E-state index contributed by atoms with van der Waals surface area (Å²) in [5.74, 6) is 0.187. The summed E-state index contributed by atoms with van der Waals surface area (Å²) in [5.41, 5.74) is 0.804. The standard InChI is InChI=1S/C18H15ClN2O3/c19-12-5-3-4-11(8-12)15-9-20-16(24-15)10-21-17(22)13-6-1-2-7-14(13)18(21)23/h1-5,8-9,13-14H,6-7,10H2/t13-,14-/m1/s1. The van der Waals surface area contributed by atoms with E-state index in [1.54, 1.807) is 18.3 Å². The van der Waals surface area contributed by atoms with E-state index in [-0.39, 0.29) is 30.2 Å². The number of hydrogen-bond acceptors (Lipinski definition) is 4. The molecule has 2 heterocycles. The number of rotatable bonds is 3. The first-order valence-corrected chi connectivity index (χ1v) is 8.22. The van der Waals surface area contributed by atoms with Gasteiger partial charge in [-0.25, -0.2) is 4.98 Å². The molecule has 1 aromatic heterocycles. The van der Waals surface area contributed by atoms with Gasteiger partial charge in [0.2, 0.25) is 17.7 Å². The van der Waals surface area contributed by atoms with Gasteiger partial charge in [-0.3, -0.25) is 14.5 Å². The van der Waals surface area contributed by atoms with E-state index < -0.39 is 0 Å². The van der Waals surface area contributed by atoms with Crippen molar-refractivity contribution < 1.29 is 14.0 Å². The van der Waals surface area contributed by atoms with Crippen LogP contribution in [0.25, 0.3) is 11.3 Å². The van der Waals surface area contributed by atoms with Crippen molar-refractivity contribution in [3.63, 3.8) is 0 Å². The Kier molecular flexibility index (Phi) is 3.73. The quantitative estimate of drug-likeness (QED) is 0.633. The average Bonchev–Trinajstić information content (AvgIpc) is 3.15. The topological polar surface area (TPSA) is 63.4 Å². The van der Waals surface area contributed by atoms with Gasteiger partial charge in [-0.1, -0.05) is 35.9 Å². The molecule has 1 fully saturated rings. The van der Waals surface area contributed by atoms with Crippen LogP contribution >= 0.6 is 11.6 Å². The second-order valence-corrected chi connectivity index (χ2v) is 6.48. The highest BCUT2D eigenvalue weighted by molar-refractivity contribution is 6.30. The summed E-state index contributed by atoms with van der Waals surface area (Å²) in [6.45, 7) is 0.0746. The first-order chi connectivity index (χ1) is 11.6. The molecule has 1 saturated heterocycles. The molecule has 1 aliphatic heterocycles. The van der Waals surface area contributed by atoms with Crippen LogP contribution in [0, 0.1) is 11.8 Å². The van der Waals surface area contributed by atoms with Crippen molar-refractivity contribution in [2.24, 2.45) is 11.8 Å². The highest BCUT2D eigenvalue weighted by Gasteiger charge is 2.47. The SMILES string of the molecule is O=C1[C@@H]2CC=CC[C@H]2C(=O)N1Cc1ncc(-c2cccc(Cl)c2)o1. The van der Waals surface area contributed by atoms with Gasteiger partial charge in [-0.15, -0.1) is 0 Å². The van der Waals surface area contributed by atoms with Crippen molar-refractivity contribution in [1.82, 2.24) is 9.88 Å². The third kappa shape index (κ3) is 2.55. The van der Waals surface area contributed by atoms with E-state index >= 15 is 0 Å². The minimum atomic E-state index is -0.232. The monoisotopic (exact) mass is 342 g/mol. The Morgan fingerprint density at radius 1 is 1.17 bits per heavy atom. The lowest BCUT2D eigenvalue weighted by Gasteiger charge is -2.14. The Hall–Kier alpha value is -2.40. The minimum Gasteiger partial charge on any atom is -0.439 e. The molecule has 2 atom stereocenters. The van der Waals surface area contributed by atoms with Crippen LogP contribution in [0.2, 0.25) is 5.02 Å². The Labute approximate surface area is 143 Å². The average molecular weight is 343 g/mol. The Morgan fingerprint density at radius 3 is 2.54 bits per heavy atom. The second-order valence-electron chi connectivity index (χ2n) is 6.05. The molecule has 0 spiro atoms. The van der Waals surface area contributed by atoms with Crippen LogP contribution in [0.3, 0.4) is 0 Å². The van der Waals surface area contributed by atoms with Crippen LogP contribution < -0.4 is 0 Å². The fourth-order valence-electron chi connectivity index (χ4n) is 3.32. The van der Waals surface area contributed by atoms with Gasteiger partial charge in [0.15, 0.2) is 5.76 Å². The number of nitrogens with zero attached hydrogens (tertiary/aromatic N) is 2. The molecule has 24 heavy (non-hydrogen) atoms. The predicted molar refractivity (Wildman–Crippen MR) is 87.9 cm³/mol. The molecule has 0 bridgehead atoms. The molecule has 0 unspecified atom stereocenters. The minimum absolute atomic E-state index is 0.0746. The molecule has 122 valence electrons. The summed E-state index contributed by atoms with van der Waals surface area (Å²) < 4.78 is 5.71. The smallest absolute Gasteiger partial charge is 0.233 e. The number of carbonyl (C=O) groups is 2. The summed E-state index contributed by atoms with van der Waals surface area (Å²) in [7, 11) is 0. The van der Waals surface area contributed by atoms with Crippen LogP contribution in [0.15, 0.2) is 47.0 Å². The number of aromatic nitrogens is 1. The van der Waals surface area contributed by atoms with E-state index in [0.29, 0.717) is 29.5 Å². The Morgan fingerprint density at radius 2 is 1.88 bits per heavy atom. The van der Waals surface area contributed by atoms with E-state index in [0.717, 1.165) is 5.56 Å². The molecule has 0 N–H and O–H groups in total. The molecule has 2 amide bonds. The second kappa shape index (κ2) is 5.91. The summed E-state index contributed by atoms with van der Waals surface area (Å²) >= 11 is 5.98. The maximum absolute atomic E-state index is 12.5. The first kappa shape index (κ1) is 15.1. The van der Waals surface area contributed by atoms with Crippen LogP contribution in [0.4, 0.5) is 0 Å². The van der Waals surface area contributed by atoms with Crippen molar-refractivity contribution in [2.45, 2.75) is 19.4 Å². The lowest BCUT2D eigenvalue weighted by atomic mass is 9.85. The van der Waals surface area contributed by atoms with Crippen molar-refractivity contribution in [3.8, 4) is 11.3 Å². The summed E-state index contributed by atoms with van der Waals surface area (Å²) in [4.78, 5) is 30.4. The fraction of sp³-hybridized carbons (Fsp3) is 0.278. The number of likely N-dealkylation sites (tertiary alicyclic amines) is 1. The number of carbonyl (C=O) groups excluding carboxylic acids is 2. The third-order valence-corrected chi connectivity index (χ3v) is 4.79. The molecule has 1 aromatic carbocycles.